The minimum Gasteiger partial charge on any atom is -0.507 e. The molecule has 3 aromatic rings. The van der Waals surface area contributed by atoms with E-state index in [0.717, 1.165) is 11.4 Å². The van der Waals surface area contributed by atoms with Gasteiger partial charge >= 0.3 is 0 Å². The van der Waals surface area contributed by atoms with E-state index in [9.17, 15) is 20.0 Å². The van der Waals surface area contributed by atoms with Crippen molar-refractivity contribution in [2.75, 3.05) is 0 Å². The lowest BCUT2D eigenvalue weighted by molar-refractivity contribution is -0.384. The second-order valence-corrected chi connectivity index (χ2v) is 7.24. The lowest BCUT2D eigenvalue weighted by Crippen LogP contribution is -2.17. The van der Waals surface area contributed by atoms with E-state index in [1.807, 2.05) is 19.9 Å². The Labute approximate surface area is 176 Å². The van der Waals surface area contributed by atoms with Gasteiger partial charge in [-0.25, -0.2) is 15.4 Å². The number of aromatic nitrogens is 2. The summed E-state index contributed by atoms with van der Waals surface area (Å²) in [5.41, 5.74) is 4.27. The van der Waals surface area contributed by atoms with Crippen LogP contribution >= 0.6 is 11.8 Å². The summed E-state index contributed by atoms with van der Waals surface area (Å²) in [6.45, 7) is 3.71. The smallest absolute Gasteiger partial charge is 0.275 e. The number of aryl methyl sites for hydroxylation is 2. The highest BCUT2D eigenvalue weighted by Gasteiger charge is 2.13. The minimum atomic E-state index is -0.610. The van der Waals surface area contributed by atoms with Crippen LogP contribution in [-0.4, -0.2) is 32.1 Å². The van der Waals surface area contributed by atoms with E-state index in [1.165, 1.54) is 42.2 Å². The molecular formula is C20H17N5O4S. The van der Waals surface area contributed by atoms with Crippen LogP contribution < -0.4 is 5.43 Å². The summed E-state index contributed by atoms with van der Waals surface area (Å²) in [5, 5.41) is 25.3. The molecule has 0 unspecified atom stereocenters. The van der Waals surface area contributed by atoms with Crippen LogP contribution in [0.4, 0.5) is 5.69 Å². The van der Waals surface area contributed by atoms with Gasteiger partial charge in [0.05, 0.1) is 16.7 Å². The summed E-state index contributed by atoms with van der Waals surface area (Å²) < 4.78 is 0. The van der Waals surface area contributed by atoms with Gasteiger partial charge in [-0.2, -0.15) is 5.10 Å². The topological polar surface area (TPSA) is 131 Å². The van der Waals surface area contributed by atoms with Crippen LogP contribution in [0.25, 0.3) is 0 Å². The van der Waals surface area contributed by atoms with Gasteiger partial charge in [-0.05, 0) is 49.9 Å². The molecule has 0 aliphatic carbocycles. The maximum atomic E-state index is 12.2. The number of nitrogens with one attached hydrogen (secondary N) is 1. The molecule has 0 bridgehead atoms. The Kier molecular flexibility index (Phi) is 6.38. The summed E-state index contributed by atoms with van der Waals surface area (Å²) >= 11 is 1.23. The van der Waals surface area contributed by atoms with Gasteiger partial charge in [-0.15, -0.1) is 0 Å². The summed E-state index contributed by atoms with van der Waals surface area (Å²) in [6.07, 6.45) is 1.30. The first-order valence-corrected chi connectivity index (χ1v) is 9.55. The standard InChI is InChI=1S/C20H17N5O4S/c1-12-9-13(2)23-20(22-12)30-18-8-7-15(25(28)29)10-14(18)11-21-24-19(27)16-5-3-4-6-17(16)26/h3-11,26H,1-2H3,(H,24,27)/b21-11+. The van der Waals surface area contributed by atoms with Crippen molar-refractivity contribution in [2.24, 2.45) is 5.10 Å². The van der Waals surface area contributed by atoms with Crippen LogP contribution in [0, 0.1) is 24.0 Å². The van der Waals surface area contributed by atoms with Crippen LogP contribution in [0.5, 0.6) is 5.75 Å². The van der Waals surface area contributed by atoms with Gasteiger partial charge in [0.1, 0.15) is 5.75 Å². The summed E-state index contributed by atoms with van der Waals surface area (Å²) in [4.78, 5) is 32.2. The number of hydrogen-bond acceptors (Lipinski definition) is 8. The Hall–Kier alpha value is -3.79. The van der Waals surface area contributed by atoms with Gasteiger partial charge in [0, 0.05) is 34.0 Å². The average molecular weight is 423 g/mol. The van der Waals surface area contributed by atoms with Crippen molar-refractivity contribution in [1.82, 2.24) is 15.4 Å². The third kappa shape index (κ3) is 5.17. The van der Waals surface area contributed by atoms with E-state index < -0.39 is 10.8 Å². The monoisotopic (exact) mass is 423 g/mol. The van der Waals surface area contributed by atoms with Crippen molar-refractivity contribution in [1.29, 1.82) is 0 Å². The van der Waals surface area contributed by atoms with Gasteiger partial charge in [0.15, 0.2) is 5.16 Å². The number of aromatic hydroxyl groups is 1. The number of amides is 1. The van der Waals surface area contributed by atoms with Crippen molar-refractivity contribution in [2.45, 2.75) is 23.9 Å². The van der Waals surface area contributed by atoms with Gasteiger partial charge in [0.25, 0.3) is 11.6 Å². The first kappa shape index (κ1) is 20.9. The SMILES string of the molecule is Cc1cc(C)nc(Sc2ccc([N+](=O)[O-])cc2/C=N/NC(=O)c2ccccc2O)n1. The Morgan fingerprint density at radius 3 is 2.53 bits per heavy atom. The van der Waals surface area contributed by atoms with Crippen molar-refractivity contribution < 1.29 is 14.8 Å². The summed E-state index contributed by atoms with van der Waals surface area (Å²) in [5.74, 6) is -0.787. The van der Waals surface area contributed by atoms with Crippen molar-refractivity contribution in [3.05, 3.63) is 81.2 Å². The minimum absolute atomic E-state index is 0.0620. The van der Waals surface area contributed by atoms with Crippen LogP contribution in [0.15, 0.2) is 63.7 Å². The first-order valence-electron chi connectivity index (χ1n) is 8.73. The first-order chi connectivity index (χ1) is 14.3. The molecule has 30 heavy (non-hydrogen) atoms. The molecule has 1 aromatic heterocycles. The number of rotatable bonds is 6. The van der Waals surface area contributed by atoms with Crippen LogP contribution in [0.2, 0.25) is 0 Å². The van der Waals surface area contributed by atoms with E-state index in [4.69, 9.17) is 0 Å². The third-order valence-corrected chi connectivity index (χ3v) is 4.84. The number of phenolic OH excluding ortho intramolecular Hbond substituents is 1. The molecule has 0 radical (unpaired) electrons. The molecule has 0 aliphatic rings. The molecule has 9 nitrogen and oxygen atoms in total. The van der Waals surface area contributed by atoms with Gasteiger partial charge in [-0.3, -0.25) is 14.9 Å². The molecule has 152 valence electrons. The number of benzene rings is 2. The largest absolute Gasteiger partial charge is 0.507 e. The number of carbonyl (C=O) groups is 1. The van der Waals surface area contributed by atoms with Crippen molar-refractivity contribution >= 4 is 29.6 Å². The quantitative estimate of drug-likeness (QED) is 0.268. The Bertz CT molecular complexity index is 1130. The highest BCUT2D eigenvalue weighted by molar-refractivity contribution is 7.99. The van der Waals surface area contributed by atoms with E-state index >= 15 is 0 Å². The number of nitro benzene ring substituents is 1. The summed E-state index contributed by atoms with van der Waals surface area (Å²) in [7, 11) is 0. The number of hydrazone groups is 1. The number of para-hydroxylation sites is 1. The number of carbonyl (C=O) groups excluding carboxylic acids is 1. The normalized spacial score (nSPS) is 10.9. The zero-order valence-electron chi connectivity index (χ0n) is 16.1. The lowest BCUT2D eigenvalue weighted by Gasteiger charge is -2.06. The molecule has 0 fully saturated rings. The molecule has 1 amide bonds. The Balaban J connectivity index is 1.86. The molecular weight excluding hydrogens is 406 g/mol. The molecule has 0 atom stereocenters. The van der Waals surface area contributed by atoms with E-state index in [0.29, 0.717) is 15.6 Å². The van der Waals surface area contributed by atoms with E-state index in [2.05, 4.69) is 20.5 Å². The number of nitrogens with zero attached hydrogens (tertiary/aromatic N) is 4. The molecule has 0 spiro atoms. The molecule has 0 saturated carbocycles. The Morgan fingerprint density at radius 2 is 1.87 bits per heavy atom. The second-order valence-electron chi connectivity index (χ2n) is 6.23. The molecule has 3 rings (SSSR count). The molecule has 0 aliphatic heterocycles. The molecule has 10 heteroatoms. The summed E-state index contributed by atoms with van der Waals surface area (Å²) in [6, 6.07) is 12.2. The van der Waals surface area contributed by atoms with Gasteiger partial charge in [0.2, 0.25) is 0 Å². The molecule has 2 N–H and O–H groups in total. The van der Waals surface area contributed by atoms with Crippen molar-refractivity contribution in [3.8, 4) is 5.75 Å². The predicted octanol–water partition coefficient (Wildman–Crippen LogP) is 3.62. The maximum absolute atomic E-state index is 12.2. The highest BCUT2D eigenvalue weighted by atomic mass is 32.2. The zero-order chi connectivity index (χ0) is 21.7. The van der Waals surface area contributed by atoms with Crippen LogP contribution in [0.1, 0.15) is 27.3 Å². The molecule has 2 aromatic carbocycles. The number of hydrogen-bond donors (Lipinski definition) is 2. The average Bonchev–Trinajstić information content (AvgIpc) is 2.68. The third-order valence-electron chi connectivity index (χ3n) is 3.89. The van der Waals surface area contributed by atoms with E-state index in [-0.39, 0.29) is 17.0 Å². The van der Waals surface area contributed by atoms with Gasteiger partial charge < -0.3 is 5.11 Å². The fourth-order valence-electron chi connectivity index (χ4n) is 2.57. The zero-order valence-corrected chi connectivity index (χ0v) is 16.9. The fraction of sp³-hybridized carbons (Fsp3) is 0.100. The number of phenols is 1. The highest BCUT2D eigenvalue weighted by Crippen LogP contribution is 2.30. The number of nitro groups is 1. The van der Waals surface area contributed by atoms with Crippen LogP contribution in [0.3, 0.4) is 0 Å². The second kappa shape index (κ2) is 9.14. The Morgan fingerprint density at radius 1 is 1.17 bits per heavy atom. The fourth-order valence-corrected chi connectivity index (χ4v) is 3.51. The predicted molar refractivity (Wildman–Crippen MR) is 112 cm³/mol. The van der Waals surface area contributed by atoms with Crippen LogP contribution in [-0.2, 0) is 0 Å². The van der Waals surface area contributed by atoms with Crippen molar-refractivity contribution in [3.63, 3.8) is 0 Å². The molecule has 0 saturated heterocycles. The van der Waals surface area contributed by atoms with Gasteiger partial charge in [-0.1, -0.05) is 12.1 Å². The maximum Gasteiger partial charge on any atom is 0.275 e. The van der Waals surface area contributed by atoms with E-state index in [1.54, 1.807) is 18.2 Å². The molecule has 1 heterocycles. The lowest BCUT2D eigenvalue weighted by atomic mass is 10.2. The number of non-ortho nitro benzene ring substituents is 1.